The quantitative estimate of drug-likeness (QED) is 0.745. The van der Waals surface area contributed by atoms with Crippen molar-refractivity contribution in [1.29, 1.82) is 0 Å². The fourth-order valence-electron chi connectivity index (χ4n) is 2.15. The zero-order valence-electron chi connectivity index (χ0n) is 11.7. The fourth-order valence-corrected chi connectivity index (χ4v) is 2.15. The Kier molecular flexibility index (Phi) is 6.12. The van der Waals surface area contributed by atoms with Crippen molar-refractivity contribution < 1.29 is 9.59 Å². The lowest BCUT2D eigenvalue weighted by atomic mass is 10.0. The molecule has 1 saturated heterocycles. The highest BCUT2D eigenvalue weighted by molar-refractivity contribution is 5.78. The third-order valence-corrected chi connectivity index (χ3v) is 3.27. The van der Waals surface area contributed by atoms with Gasteiger partial charge in [0.25, 0.3) is 0 Å². The van der Waals surface area contributed by atoms with E-state index >= 15 is 0 Å². The average molecular weight is 255 g/mol. The van der Waals surface area contributed by atoms with Gasteiger partial charge in [0, 0.05) is 38.0 Å². The molecule has 0 aliphatic carbocycles. The van der Waals surface area contributed by atoms with Crippen LogP contribution in [0.4, 0.5) is 0 Å². The Balaban J connectivity index is 2.27. The summed E-state index contributed by atoms with van der Waals surface area (Å²) in [5, 5.41) is 5.98. The molecule has 0 spiro atoms. The summed E-state index contributed by atoms with van der Waals surface area (Å²) in [6.45, 7) is 6.07. The van der Waals surface area contributed by atoms with Gasteiger partial charge in [-0.2, -0.15) is 0 Å². The molecule has 1 rings (SSSR count). The van der Waals surface area contributed by atoms with Crippen molar-refractivity contribution >= 4 is 11.8 Å². The van der Waals surface area contributed by atoms with Crippen LogP contribution in [0.15, 0.2) is 0 Å². The Hall–Kier alpha value is -1.10. The molecule has 5 heteroatoms. The maximum Gasteiger partial charge on any atom is 0.225 e. The first-order valence-corrected chi connectivity index (χ1v) is 6.77. The van der Waals surface area contributed by atoms with Gasteiger partial charge in [0.2, 0.25) is 11.8 Å². The van der Waals surface area contributed by atoms with Gasteiger partial charge in [0.15, 0.2) is 0 Å². The molecule has 0 aromatic rings. The Bertz CT molecular complexity index is 284. The third-order valence-electron chi connectivity index (χ3n) is 3.27. The Morgan fingerprint density at radius 3 is 2.39 bits per heavy atom. The summed E-state index contributed by atoms with van der Waals surface area (Å²) in [4.78, 5) is 25.3. The maximum atomic E-state index is 11.8. The second-order valence-electron chi connectivity index (χ2n) is 5.18. The van der Waals surface area contributed by atoms with Crippen molar-refractivity contribution in [2.75, 3.05) is 26.7 Å². The van der Waals surface area contributed by atoms with Crippen LogP contribution in [0.5, 0.6) is 0 Å². The first-order valence-electron chi connectivity index (χ1n) is 6.77. The molecule has 18 heavy (non-hydrogen) atoms. The molecule has 0 unspecified atom stereocenters. The van der Waals surface area contributed by atoms with Gasteiger partial charge in [-0.25, -0.2) is 0 Å². The summed E-state index contributed by atoms with van der Waals surface area (Å²) in [7, 11) is 1.84. The van der Waals surface area contributed by atoms with E-state index in [-0.39, 0.29) is 23.8 Å². The molecule has 0 aromatic heterocycles. The SMILES string of the molecule is CNCCC(=O)NC1CCN(C(=O)C(C)C)CC1. The number of likely N-dealkylation sites (tertiary alicyclic amines) is 1. The van der Waals surface area contributed by atoms with E-state index in [0.29, 0.717) is 13.0 Å². The number of nitrogens with one attached hydrogen (secondary N) is 2. The minimum atomic E-state index is 0.0618. The molecule has 0 radical (unpaired) electrons. The summed E-state index contributed by atoms with van der Waals surface area (Å²) < 4.78 is 0. The number of amides is 2. The number of hydrogen-bond acceptors (Lipinski definition) is 3. The highest BCUT2D eigenvalue weighted by Crippen LogP contribution is 2.13. The normalized spacial score (nSPS) is 17.0. The van der Waals surface area contributed by atoms with Gasteiger partial charge in [-0.1, -0.05) is 13.8 Å². The van der Waals surface area contributed by atoms with E-state index in [2.05, 4.69) is 10.6 Å². The van der Waals surface area contributed by atoms with Crippen molar-refractivity contribution in [3.05, 3.63) is 0 Å². The van der Waals surface area contributed by atoms with Crippen LogP contribution in [0.3, 0.4) is 0 Å². The van der Waals surface area contributed by atoms with Gasteiger partial charge in [0.05, 0.1) is 0 Å². The van der Waals surface area contributed by atoms with Gasteiger partial charge >= 0.3 is 0 Å². The van der Waals surface area contributed by atoms with Crippen molar-refractivity contribution in [3.8, 4) is 0 Å². The van der Waals surface area contributed by atoms with Crippen molar-refractivity contribution in [2.45, 2.75) is 39.2 Å². The third kappa shape index (κ3) is 4.64. The van der Waals surface area contributed by atoms with E-state index in [9.17, 15) is 9.59 Å². The highest BCUT2D eigenvalue weighted by Gasteiger charge is 2.24. The molecule has 2 amide bonds. The molecule has 0 saturated carbocycles. The van der Waals surface area contributed by atoms with Gasteiger partial charge in [-0.05, 0) is 19.9 Å². The van der Waals surface area contributed by atoms with E-state index < -0.39 is 0 Å². The summed E-state index contributed by atoms with van der Waals surface area (Å²) in [5.41, 5.74) is 0. The molecule has 0 bridgehead atoms. The lowest BCUT2D eigenvalue weighted by Gasteiger charge is -2.33. The molecule has 5 nitrogen and oxygen atoms in total. The maximum absolute atomic E-state index is 11.8. The molecule has 0 aromatic carbocycles. The lowest BCUT2D eigenvalue weighted by Crippen LogP contribution is -2.47. The molecule has 1 aliphatic rings. The molecule has 1 fully saturated rings. The average Bonchev–Trinajstić information content (AvgIpc) is 2.36. The van der Waals surface area contributed by atoms with Crippen LogP contribution in [0.25, 0.3) is 0 Å². The Morgan fingerprint density at radius 2 is 1.89 bits per heavy atom. The van der Waals surface area contributed by atoms with Crippen LogP contribution >= 0.6 is 0 Å². The largest absolute Gasteiger partial charge is 0.353 e. The molecule has 104 valence electrons. The van der Waals surface area contributed by atoms with Crippen molar-refractivity contribution in [1.82, 2.24) is 15.5 Å². The zero-order chi connectivity index (χ0) is 13.5. The van der Waals surface area contributed by atoms with Crippen LogP contribution in [0.2, 0.25) is 0 Å². The topological polar surface area (TPSA) is 61.4 Å². The molecular formula is C13H25N3O2. The molecule has 0 atom stereocenters. The van der Waals surface area contributed by atoms with Gasteiger partial charge in [-0.15, -0.1) is 0 Å². The first kappa shape index (κ1) is 15.0. The Labute approximate surface area is 109 Å². The van der Waals surface area contributed by atoms with Crippen LogP contribution in [-0.2, 0) is 9.59 Å². The van der Waals surface area contributed by atoms with Gasteiger partial charge in [-0.3, -0.25) is 9.59 Å². The van der Waals surface area contributed by atoms with E-state index in [1.54, 1.807) is 0 Å². The standard InChI is InChI=1S/C13H25N3O2/c1-10(2)13(18)16-8-5-11(6-9-16)15-12(17)4-7-14-3/h10-11,14H,4-9H2,1-3H3,(H,15,17). The zero-order valence-corrected chi connectivity index (χ0v) is 11.7. The van der Waals surface area contributed by atoms with Gasteiger partial charge < -0.3 is 15.5 Å². The fraction of sp³-hybridized carbons (Fsp3) is 0.846. The summed E-state index contributed by atoms with van der Waals surface area (Å²) in [5.74, 6) is 0.375. The van der Waals surface area contributed by atoms with E-state index in [1.807, 2.05) is 25.8 Å². The van der Waals surface area contributed by atoms with Crippen LogP contribution in [-0.4, -0.2) is 49.4 Å². The van der Waals surface area contributed by atoms with Crippen molar-refractivity contribution in [3.63, 3.8) is 0 Å². The predicted octanol–water partition coefficient (Wildman–Crippen LogP) is 0.359. The van der Waals surface area contributed by atoms with Gasteiger partial charge in [0.1, 0.15) is 0 Å². The summed E-state index contributed by atoms with van der Waals surface area (Å²) in [6, 6.07) is 0.227. The minimum Gasteiger partial charge on any atom is -0.353 e. The van der Waals surface area contributed by atoms with Crippen LogP contribution < -0.4 is 10.6 Å². The second-order valence-corrected chi connectivity index (χ2v) is 5.18. The van der Waals surface area contributed by atoms with Crippen LogP contribution in [0.1, 0.15) is 33.1 Å². The van der Waals surface area contributed by atoms with E-state index in [0.717, 1.165) is 25.9 Å². The molecular weight excluding hydrogens is 230 g/mol. The van der Waals surface area contributed by atoms with Crippen molar-refractivity contribution in [2.24, 2.45) is 5.92 Å². The monoisotopic (exact) mass is 255 g/mol. The number of hydrogen-bond donors (Lipinski definition) is 2. The number of carbonyl (C=O) groups is 2. The van der Waals surface area contributed by atoms with Crippen LogP contribution in [0, 0.1) is 5.92 Å². The highest BCUT2D eigenvalue weighted by atomic mass is 16.2. The molecule has 1 aliphatic heterocycles. The minimum absolute atomic E-state index is 0.0618. The van der Waals surface area contributed by atoms with E-state index in [4.69, 9.17) is 0 Å². The Morgan fingerprint density at radius 1 is 1.28 bits per heavy atom. The second kappa shape index (κ2) is 7.36. The smallest absolute Gasteiger partial charge is 0.225 e. The first-order chi connectivity index (χ1) is 8.54. The predicted molar refractivity (Wildman–Crippen MR) is 71.1 cm³/mol. The summed E-state index contributed by atoms with van der Waals surface area (Å²) >= 11 is 0. The van der Waals surface area contributed by atoms with E-state index in [1.165, 1.54) is 0 Å². The number of piperidine rings is 1. The molecule has 1 heterocycles. The lowest BCUT2D eigenvalue weighted by molar-refractivity contribution is -0.135. The number of carbonyl (C=O) groups excluding carboxylic acids is 2. The number of nitrogens with zero attached hydrogens (tertiary/aromatic N) is 1. The summed E-state index contributed by atoms with van der Waals surface area (Å²) in [6.07, 6.45) is 2.25. The molecule has 2 N–H and O–H groups in total. The number of rotatable bonds is 5.